The minimum Gasteiger partial charge on any atom is -0.480 e. The number of rotatable bonds is 5. The number of nitrogens with one attached hydrogen (secondary N) is 2. The Kier molecular flexibility index (Phi) is 4.52. The van der Waals surface area contributed by atoms with Crippen LogP contribution in [-0.4, -0.2) is 58.7 Å². The van der Waals surface area contributed by atoms with Gasteiger partial charge in [-0.15, -0.1) is 11.8 Å². The second-order valence-electron chi connectivity index (χ2n) is 4.62. The predicted molar refractivity (Wildman–Crippen MR) is 69.7 cm³/mol. The summed E-state index contributed by atoms with van der Waals surface area (Å²) in [6, 6.07) is -1.15. The third-order valence-corrected chi connectivity index (χ3v) is 4.09. The maximum absolute atomic E-state index is 11.8. The van der Waals surface area contributed by atoms with Crippen LogP contribution in [0.4, 0.5) is 4.79 Å². The molecule has 1 heterocycles. The maximum Gasteiger partial charge on any atom is 0.327 e. The van der Waals surface area contributed by atoms with Crippen molar-refractivity contribution in [2.45, 2.75) is 18.9 Å². The number of carboxylic acid groups (broad SMARTS) is 1. The summed E-state index contributed by atoms with van der Waals surface area (Å²) in [4.78, 5) is 35.3. The highest BCUT2D eigenvalue weighted by Crippen LogP contribution is 2.28. The molecule has 1 saturated heterocycles. The quantitative estimate of drug-likeness (QED) is 0.602. The molecule has 0 bridgehead atoms. The number of hydrogen-bond donors (Lipinski definition) is 3. The fourth-order valence-corrected chi connectivity index (χ4v) is 2.94. The zero-order valence-electron chi connectivity index (χ0n) is 10.4. The van der Waals surface area contributed by atoms with Crippen molar-refractivity contribution in [3.05, 3.63) is 0 Å². The molecular formula is C11H17N3O4S. The summed E-state index contributed by atoms with van der Waals surface area (Å²) in [5.41, 5.74) is 0. The van der Waals surface area contributed by atoms with Gasteiger partial charge in [-0.05, 0) is 12.8 Å². The van der Waals surface area contributed by atoms with Gasteiger partial charge in [-0.2, -0.15) is 0 Å². The highest BCUT2D eigenvalue weighted by molar-refractivity contribution is 7.99. The molecule has 19 heavy (non-hydrogen) atoms. The lowest BCUT2D eigenvalue weighted by atomic mass is 10.3. The topological polar surface area (TPSA) is 98.7 Å². The minimum atomic E-state index is -0.984. The van der Waals surface area contributed by atoms with Crippen molar-refractivity contribution in [3.8, 4) is 0 Å². The van der Waals surface area contributed by atoms with Gasteiger partial charge in [0.05, 0.1) is 5.88 Å². The van der Waals surface area contributed by atoms with Gasteiger partial charge in [-0.3, -0.25) is 4.79 Å². The van der Waals surface area contributed by atoms with Crippen LogP contribution in [0.3, 0.4) is 0 Å². The average molecular weight is 287 g/mol. The smallest absolute Gasteiger partial charge is 0.327 e. The summed E-state index contributed by atoms with van der Waals surface area (Å²) < 4.78 is 0. The van der Waals surface area contributed by atoms with Gasteiger partial charge in [-0.1, -0.05) is 0 Å². The van der Waals surface area contributed by atoms with E-state index < -0.39 is 18.0 Å². The fourth-order valence-electron chi connectivity index (χ4n) is 1.79. The SMILES string of the molecule is O=C(NCCNC(=O)N1CSC[C@H]1C(=O)O)C1CC1. The summed E-state index contributed by atoms with van der Waals surface area (Å²) >= 11 is 1.42. The Balaban J connectivity index is 1.66. The number of aliphatic carboxylic acids is 1. The molecule has 0 radical (unpaired) electrons. The van der Waals surface area contributed by atoms with Crippen LogP contribution in [0.25, 0.3) is 0 Å². The van der Waals surface area contributed by atoms with E-state index in [1.54, 1.807) is 0 Å². The third-order valence-electron chi connectivity index (χ3n) is 3.08. The largest absolute Gasteiger partial charge is 0.480 e. The van der Waals surface area contributed by atoms with E-state index in [4.69, 9.17) is 5.11 Å². The number of hydrogen-bond acceptors (Lipinski definition) is 4. The average Bonchev–Trinajstić information content (AvgIpc) is 3.10. The molecule has 1 aliphatic carbocycles. The Morgan fingerprint density at radius 2 is 1.89 bits per heavy atom. The molecule has 0 aromatic rings. The van der Waals surface area contributed by atoms with Crippen LogP contribution < -0.4 is 10.6 Å². The molecular weight excluding hydrogens is 270 g/mol. The monoisotopic (exact) mass is 287 g/mol. The molecule has 0 unspecified atom stereocenters. The summed E-state index contributed by atoms with van der Waals surface area (Å²) in [5.74, 6) is 0.0111. The summed E-state index contributed by atoms with van der Waals surface area (Å²) in [7, 11) is 0. The van der Waals surface area contributed by atoms with Gasteiger partial charge in [0.1, 0.15) is 6.04 Å². The van der Waals surface area contributed by atoms with E-state index in [9.17, 15) is 14.4 Å². The van der Waals surface area contributed by atoms with E-state index >= 15 is 0 Å². The van der Waals surface area contributed by atoms with Crippen molar-refractivity contribution in [2.24, 2.45) is 5.92 Å². The molecule has 2 aliphatic rings. The van der Waals surface area contributed by atoms with Crippen LogP contribution in [0.5, 0.6) is 0 Å². The number of carbonyl (C=O) groups excluding carboxylic acids is 2. The first kappa shape index (κ1) is 14.0. The van der Waals surface area contributed by atoms with E-state index in [-0.39, 0.29) is 11.8 Å². The number of nitrogens with zero attached hydrogens (tertiary/aromatic N) is 1. The first-order chi connectivity index (χ1) is 9.09. The van der Waals surface area contributed by atoms with Gasteiger partial charge in [-0.25, -0.2) is 9.59 Å². The molecule has 2 rings (SSSR count). The van der Waals surface area contributed by atoms with E-state index in [1.165, 1.54) is 16.7 Å². The fraction of sp³-hybridized carbons (Fsp3) is 0.727. The number of carboxylic acids is 1. The molecule has 106 valence electrons. The van der Waals surface area contributed by atoms with E-state index in [2.05, 4.69) is 10.6 Å². The van der Waals surface area contributed by atoms with Crippen molar-refractivity contribution < 1.29 is 19.5 Å². The van der Waals surface area contributed by atoms with Crippen LogP contribution in [0, 0.1) is 5.92 Å². The van der Waals surface area contributed by atoms with Crippen molar-refractivity contribution in [3.63, 3.8) is 0 Å². The zero-order chi connectivity index (χ0) is 13.8. The molecule has 0 aromatic carbocycles. The second kappa shape index (κ2) is 6.14. The Bertz CT molecular complexity index is 386. The first-order valence-corrected chi connectivity index (χ1v) is 7.38. The zero-order valence-corrected chi connectivity index (χ0v) is 11.2. The Morgan fingerprint density at radius 3 is 2.53 bits per heavy atom. The summed E-state index contributed by atoms with van der Waals surface area (Å²) in [5, 5.41) is 14.3. The van der Waals surface area contributed by atoms with Crippen LogP contribution in [0.15, 0.2) is 0 Å². The van der Waals surface area contributed by atoms with Crippen LogP contribution in [-0.2, 0) is 9.59 Å². The molecule has 8 heteroatoms. The highest BCUT2D eigenvalue weighted by Gasteiger charge is 2.34. The van der Waals surface area contributed by atoms with Crippen molar-refractivity contribution in [1.82, 2.24) is 15.5 Å². The molecule has 3 amide bonds. The van der Waals surface area contributed by atoms with Gasteiger partial charge in [0, 0.05) is 24.8 Å². The van der Waals surface area contributed by atoms with Crippen LogP contribution in [0.2, 0.25) is 0 Å². The molecule has 1 atom stereocenters. The molecule has 1 aliphatic heterocycles. The Hall–Kier alpha value is -1.44. The van der Waals surface area contributed by atoms with E-state index in [0.717, 1.165) is 12.8 Å². The van der Waals surface area contributed by atoms with Gasteiger partial charge in [0.25, 0.3) is 0 Å². The molecule has 2 fully saturated rings. The van der Waals surface area contributed by atoms with Crippen LogP contribution in [0.1, 0.15) is 12.8 Å². The standard InChI is InChI=1S/C11H17N3O4S/c15-9(7-1-2-7)12-3-4-13-11(18)14-6-19-5-8(14)10(16)17/h7-8H,1-6H2,(H,12,15)(H,13,18)(H,16,17)/t8-/m0/s1. The lowest BCUT2D eigenvalue weighted by Crippen LogP contribution is -2.48. The molecule has 7 nitrogen and oxygen atoms in total. The molecule has 3 N–H and O–H groups in total. The van der Waals surface area contributed by atoms with Gasteiger partial charge in [0.2, 0.25) is 5.91 Å². The first-order valence-electron chi connectivity index (χ1n) is 6.22. The molecule has 1 saturated carbocycles. The lowest BCUT2D eigenvalue weighted by Gasteiger charge is -2.20. The number of thioether (sulfide) groups is 1. The highest BCUT2D eigenvalue weighted by atomic mass is 32.2. The Labute approximate surface area is 115 Å². The minimum absolute atomic E-state index is 0.0365. The molecule has 0 aromatic heterocycles. The number of carbonyl (C=O) groups is 3. The number of urea groups is 1. The van der Waals surface area contributed by atoms with Gasteiger partial charge < -0.3 is 20.6 Å². The van der Waals surface area contributed by atoms with E-state index in [1.807, 2.05) is 0 Å². The van der Waals surface area contributed by atoms with Crippen molar-refractivity contribution in [2.75, 3.05) is 24.7 Å². The third kappa shape index (κ3) is 3.76. The molecule has 0 spiro atoms. The Morgan fingerprint density at radius 1 is 1.21 bits per heavy atom. The van der Waals surface area contributed by atoms with Crippen molar-refractivity contribution >= 4 is 29.7 Å². The van der Waals surface area contributed by atoms with Crippen molar-refractivity contribution in [1.29, 1.82) is 0 Å². The number of amides is 3. The van der Waals surface area contributed by atoms with Gasteiger partial charge >= 0.3 is 12.0 Å². The maximum atomic E-state index is 11.8. The summed E-state index contributed by atoms with van der Waals surface area (Å²) in [6.45, 7) is 0.685. The van der Waals surface area contributed by atoms with E-state index in [0.29, 0.717) is 24.7 Å². The normalized spacial score (nSPS) is 22.1. The predicted octanol–water partition coefficient (Wildman–Crippen LogP) is -0.318. The van der Waals surface area contributed by atoms with Crippen LogP contribution >= 0.6 is 11.8 Å². The lowest BCUT2D eigenvalue weighted by molar-refractivity contribution is -0.140. The van der Waals surface area contributed by atoms with Gasteiger partial charge in [0.15, 0.2) is 0 Å². The summed E-state index contributed by atoms with van der Waals surface area (Å²) in [6.07, 6.45) is 1.90. The second-order valence-corrected chi connectivity index (χ2v) is 5.62.